The van der Waals surface area contributed by atoms with E-state index in [-0.39, 0.29) is 12.5 Å². The topological polar surface area (TPSA) is 74.2 Å². The van der Waals surface area contributed by atoms with Crippen molar-refractivity contribution in [2.45, 2.75) is 95.2 Å². The lowest BCUT2D eigenvalue weighted by Crippen LogP contribution is -2.45. The minimum atomic E-state index is -4.18. The van der Waals surface area contributed by atoms with Crippen LogP contribution in [-0.4, -0.2) is 68.9 Å². The summed E-state index contributed by atoms with van der Waals surface area (Å²) in [5.41, 5.74) is 1.23. The molecule has 2 aromatic rings. The van der Waals surface area contributed by atoms with E-state index in [0.29, 0.717) is 57.2 Å². The summed E-state index contributed by atoms with van der Waals surface area (Å²) in [5, 5.41) is 23.2. The monoisotopic (exact) mass is 529 g/mol. The Labute approximate surface area is 213 Å². The summed E-state index contributed by atoms with van der Waals surface area (Å²) in [6.45, 7) is 4.07. The SMILES string of the molecule is Cc1nnc(CC(O)NC2CCC(F)(CCN3CCc4ccc(CCC(F)(F)F)nc4CC3)CC2)s1. The first-order valence-corrected chi connectivity index (χ1v) is 13.6. The van der Waals surface area contributed by atoms with Gasteiger partial charge >= 0.3 is 6.18 Å². The van der Waals surface area contributed by atoms with Gasteiger partial charge in [-0.05, 0) is 63.5 Å². The van der Waals surface area contributed by atoms with Gasteiger partial charge in [-0.1, -0.05) is 6.07 Å². The highest BCUT2D eigenvalue weighted by Crippen LogP contribution is 2.35. The Bertz CT molecular complexity index is 993. The van der Waals surface area contributed by atoms with Crippen LogP contribution in [0.4, 0.5) is 17.6 Å². The van der Waals surface area contributed by atoms with E-state index in [1.165, 1.54) is 11.3 Å². The zero-order valence-electron chi connectivity index (χ0n) is 20.7. The minimum Gasteiger partial charge on any atom is -0.378 e. The van der Waals surface area contributed by atoms with Crippen molar-refractivity contribution in [3.8, 4) is 0 Å². The number of hydrogen-bond donors (Lipinski definition) is 2. The summed E-state index contributed by atoms with van der Waals surface area (Å²) in [4.78, 5) is 6.75. The van der Waals surface area contributed by atoms with Crippen LogP contribution in [0, 0.1) is 6.92 Å². The van der Waals surface area contributed by atoms with Crippen molar-refractivity contribution >= 4 is 11.3 Å². The maximum absolute atomic E-state index is 15.5. The molecule has 200 valence electrons. The van der Waals surface area contributed by atoms with E-state index >= 15 is 4.39 Å². The van der Waals surface area contributed by atoms with Gasteiger partial charge in [-0.15, -0.1) is 21.5 Å². The van der Waals surface area contributed by atoms with E-state index < -0.39 is 24.5 Å². The molecule has 1 aliphatic carbocycles. The highest BCUT2D eigenvalue weighted by Gasteiger charge is 2.36. The molecule has 11 heteroatoms. The van der Waals surface area contributed by atoms with E-state index in [1.54, 1.807) is 6.07 Å². The van der Waals surface area contributed by atoms with Crippen molar-refractivity contribution in [3.05, 3.63) is 39.1 Å². The fraction of sp³-hybridized carbons (Fsp3) is 0.720. The molecular formula is C25H35F4N5OS. The molecule has 3 heterocycles. The molecule has 0 bridgehead atoms. The largest absolute Gasteiger partial charge is 0.389 e. The molecule has 4 rings (SSSR count). The van der Waals surface area contributed by atoms with E-state index in [2.05, 4.69) is 25.4 Å². The minimum absolute atomic E-state index is 0.0863. The number of fused-ring (bicyclic) bond motifs is 1. The van der Waals surface area contributed by atoms with Gasteiger partial charge in [-0.2, -0.15) is 13.2 Å². The molecule has 2 N–H and O–H groups in total. The van der Waals surface area contributed by atoms with Gasteiger partial charge in [-0.3, -0.25) is 10.3 Å². The number of hydrogen-bond acceptors (Lipinski definition) is 7. The molecule has 6 nitrogen and oxygen atoms in total. The van der Waals surface area contributed by atoms with Crippen LogP contribution in [0.3, 0.4) is 0 Å². The zero-order chi connectivity index (χ0) is 25.8. The number of nitrogens with one attached hydrogen (secondary N) is 1. The van der Waals surface area contributed by atoms with Crippen molar-refractivity contribution in [2.75, 3.05) is 19.6 Å². The second kappa shape index (κ2) is 11.8. The standard InChI is InChI=1S/C25H35F4N5OS/c1-17-32-33-23(36-17)16-22(35)31-20-4-9-24(26,10-5-20)12-15-34-13-7-18-2-3-19(6-11-25(27,28)29)30-21(18)8-14-34/h2-3,20,22,31,35H,4-16H2,1H3. The van der Waals surface area contributed by atoms with Crippen molar-refractivity contribution in [1.82, 2.24) is 25.4 Å². The molecule has 1 saturated carbocycles. The van der Waals surface area contributed by atoms with Gasteiger partial charge in [0.05, 0.1) is 0 Å². The first-order chi connectivity index (χ1) is 17.1. The van der Waals surface area contributed by atoms with Crippen LogP contribution < -0.4 is 5.32 Å². The maximum atomic E-state index is 15.5. The Hall–Kier alpha value is -1.69. The lowest BCUT2D eigenvalue weighted by Gasteiger charge is -2.36. The number of pyridine rings is 1. The Kier molecular flexibility index (Phi) is 8.96. The zero-order valence-corrected chi connectivity index (χ0v) is 21.5. The highest BCUT2D eigenvalue weighted by atomic mass is 32.1. The van der Waals surface area contributed by atoms with Crippen molar-refractivity contribution in [2.24, 2.45) is 0 Å². The van der Waals surface area contributed by atoms with Gasteiger partial charge in [0.2, 0.25) is 0 Å². The number of alkyl halides is 4. The van der Waals surface area contributed by atoms with Gasteiger partial charge in [0.15, 0.2) is 0 Å². The quantitative estimate of drug-likeness (QED) is 0.372. The average molecular weight is 530 g/mol. The summed E-state index contributed by atoms with van der Waals surface area (Å²) in [5.74, 6) is 0. The normalized spacial score (nSPS) is 24.3. The first kappa shape index (κ1) is 27.3. The van der Waals surface area contributed by atoms with Crippen molar-refractivity contribution in [1.29, 1.82) is 0 Å². The molecule has 36 heavy (non-hydrogen) atoms. The molecular weight excluding hydrogens is 494 g/mol. The highest BCUT2D eigenvalue weighted by molar-refractivity contribution is 7.11. The van der Waals surface area contributed by atoms with Crippen LogP contribution in [0.1, 0.15) is 65.5 Å². The van der Waals surface area contributed by atoms with Gasteiger partial charge in [0.1, 0.15) is 21.9 Å². The molecule has 1 atom stereocenters. The molecule has 1 aliphatic heterocycles. The third-order valence-corrected chi connectivity index (χ3v) is 8.14. The van der Waals surface area contributed by atoms with Crippen LogP contribution in [0.25, 0.3) is 0 Å². The Balaban J connectivity index is 1.19. The number of aliphatic hydroxyl groups is 1. The van der Waals surface area contributed by atoms with Crippen LogP contribution in [-0.2, 0) is 25.7 Å². The molecule has 1 unspecified atom stereocenters. The predicted molar refractivity (Wildman–Crippen MR) is 131 cm³/mol. The van der Waals surface area contributed by atoms with Crippen molar-refractivity contribution < 1.29 is 22.7 Å². The summed E-state index contributed by atoms with van der Waals surface area (Å²) in [6.07, 6.45) is -1.24. The predicted octanol–water partition coefficient (Wildman–Crippen LogP) is 4.33. The van der Waals surface area contributed by atoms with Gasteiger partial charge in [0, 0.05) is 56.3 Å². The Morgan fingerprint density at radius 2 is 1.94 bits per heavy atom. The Morgan fingerprint density at radius 3 is 2.64 bits per heavy atom. The second-order valence-electron chi connectivity index (χ2n) is 10.1. The fourth-order valence-corrected chi connectivity index (χ4v) is 5.88. The number of aromatic nitrogens is 3. The fourth-order valence-electron chi connectivity index (χ4n) is 5.13. The second-order valence-corrected chi connectivity index (χ2v) is 11.4. The molecule has 0 spiro atoms. The molecule has 0 saturated heterocycles. The molecule has 0 aromatic carbocycles. The molecule has 2 aromatic heterocycles. The third-order valence-electron chi connectivity index (χ3n) is 7.27. The smallest absolute Gasteiger partial charge is 0.378 e. The van der Waals surface area contributed by atoms with Crippen LogP contribution in [0.5, 0.6) is 0 Å². The lowest BCUT2D eigenvalue weighted by molar-refractivity contribution is -0.134. The average Bonchev–Trinajstić information content (AvgIpc) is 3.11. The number of aliphatic hydroxyl groups excluding tert-OH is 1. The number of nitrogens with zero attached hydrogens (tertiary/aromatic N) is 4. The number of rotatable bonds is 9. The van der Waals surface area contributed by atoms with E-state index in [9.17, 15) is 18.3 Å². The number of halogens is 4. The number of aryl methyl sites for hydroxylation is 2. The first-order valence-electron chi connectivity index (χ1n) is 12.8. The summed E-state index contributed by atoms with van der Waals surface area (Å²) in [6, 6.07) is 3.70. The van der Waals surface area contributed by atoms with Gasteiger partial charge < -0.3 is 10.0 Å². The lowest BCUT2D eigenvalue weighted by atomic mass is 9.81. The van der Waals surface area contributed by atoms with Gasteiger partial charge in [0.25, 0.3) is 0 Å². The molecule has 0 radical (unpaired) electrons. The maximum Gasteiger partial charge on any atom is 0.389 e. The third kappa shape index (κ3) is 8.16. The molecule has 1 fully saturated rings. The van der Waals surface area contributed by atoms with Gasteiger partial charge in [-0.25, -0.2) is 4.39 Å². The molecule has 2 aliphatic rings. The van der Waals surface area contributed by atoms with Crippen molar-refractivity contribution in [3.63, 3.8) is 0 Å². The van der Waals surface area contributed by atoms with E-state index in [1.807, 2.05) is 13.0 Å². The molecule has 0 amide bonds. The van der Waals surface area contributed by atoms with Crippen LogP contribution in [0.2, 0.25) is 0 Å². The summed E-state index contributed by atoms with van der Waals surface area (Å²) < 4.78 is 53.2. The Morgan fingerprint density at radius 1 is 1.19 bits per heavy atom. The van der Waals surface area contributed by atoms with E-state index in [4.69, 9.17) is 0 Å². The summed E-state index contributed by atoms with van der Waals surface area (Å²) >= 11 is 1.47. The van der Waals surface area contributed by atoms with Crippen LogP contribution in [0.15, 0.2) is 12.1 Å². The van der Waals surface area contributed by atoms with E-state index in [0.717, 1.165) is 40.8 Å². The summed E-state index contributed by atoms with van der Waals surface area (Å²) in [7, 11) is 0. The van der Waals surface area contributed by atoms with Crippen LogP contribution >= 0.6 is 11.3 Å².